The number of hydrogen-bond donors (Lipinski definition) is 1. The molecule has 7 rings (SSSR count). The Labute approximate surface area is 320 Å². The van der Waals surface area contributed by atoms with Crippen LogP contribution in [0.1, 0.15) is 29.8 Å². The minimum atomic E-state index is -1.57. The van der Waals surface area contributed by atoms with E-state index in [0.717, 1.165) is 16.7 Å². The zero-order chi connectivity index (χ0) is 38.4. The van der Waals surface area contributed by atoms with Crippen LogP contribution in [0.15, 0.2) is 102 Å². The van der Waals surface area contributed by atoms with Crippen LogP contribution in [0.2, 0.25) is 5.15 Å². The van der Waals surface area contributed by atoms with Gasteiger partial charge in [-0.25, -0.2) is 4.98 Å². The van der Waals surface area contributed by atoms with Gasteiger partial charge in [-0.3, -0.25) is 19.5 Å². The highest BCUT2D eigenvalue weighted by atomic mass is 35.5. The number of nitrogens with one attached hydrogen (secondary N) is 1. The molecule has 0 aliphatic carbocycles. The minimum absolute atomic E-state index is 0.00792. The predicted octanol–water partition coefficient (Wildman–Crippen LogP) is 5.71. The molecule has 2 aromatic heterocycles. The molecule has 0 saturated carbocycles. The highest BCUT2D eigenvalue weighted by Crippen LogP contribution is 2.50. The van der Waals surface area contributed by atoms with Crippen molar-refractivity contribution in [2.45, 2.75) is 69.0 Å². The molecule has 1 amide bonds. The number of imidazole rings is 1. The summed E-state index contributed by atoms with van der Waals surface area (Å²) in [5.41, 5.74) is 11.1. The largest absolute Gasteiger partial charge is 0.469 e. The highest BCUT2D eigenvalue weighted by molar-refractivity contribution is 6.33. The third-order valence-corrected chi connectivity index (χ3v) is 9.71. The van der Waals surface area contributed by atoms with Crippen LogP contribution in [-0.2, 0) is 57.8 Å². The van der Waals surface area contributed by atoms with Crippen molar-refractivity contribution < 1.29 is 38.0 Å². The number of ether oxygens (including phenoxy) is 6. The van der Waals surface area contributed by atoms with E-state index in [-0.39, 0.29) is 48.7 Å². The Morgan fingerprint density at radius 1 is 0.982 bits per heavy atom. The zero-order valence-corrected chi connectivity index (χ0v) is 30.6. The van der Waals surface area contributed by atoms with Crippen LogP contribution >= 0.6 is 11.6 Å². The number of benzene rings is 3. The number of methoxy groups -OCH3 is 1. The van der Waals surface area contributed by atoms with Gasteiger partial charge < -0.3 is 28.4 Å². The molecule has 7 atom stereocenters. The molecule has 16 nitrogen and oxygen atoms in total. The monoisotopic (exact) mass is 768 g/mol. The van der Waals surface area contributed by atoms with E-state index in [0.29, 0.717) is 0 Å². The van der Waals surface area contributed by atoms with Gasteiger partial charge in [0.25, 0.3) is 0 Å². The van der Waals surface area contributed by atoms with Crippen molar-refractivity contribution in [2.75, 3.05) is 19.0 Å². The molecule has 3 aromatic carbocycles. The van der Waals surface area contributed by atoms with E-state index < -0.39 is 54.2 Å². The first-order valence-electron chi connectivity index (χ1n) is 17.4. The number of rotatable bonds is 14. The molecule has 2 aliphatic heterocycles. The molecule has 2 fully saturated rings. The van der Waals surface area contributed by atoms with Crippen molar-refractivity contribution in [3.8, 4) is 0 Å². The fraction of sp³-hybridized carbons (Fsp3) is 0.342. The van der Waals surface area contributed by atoms with Crippen molar-refractivity contribution in [2.24, 2.45) is 5.11 Å². The lowest BCUT2D eigenvalue weighted by Crippen LogP contribution is -2.71. The molecule has 0 radical (unpaired) electrons. The number of aromatic nitrogens is 4. The van der Waals surface area contributed by atoms with Crippen LogP contribution in [-0.4, -0.2) is 81.2 Å². The number of fused-ring (bicyclic) bond motifs is 2. The van der Waals surface area contributed by atoms with Crippen LogP contribution in [0.3, 0.4) is 0 Å². The number of azide groups is 1. The SMILES string of the molecule is COC(=O)[C@@H](N=[N+]=[N-])[C@H]1O[C@H](n2cnc3c(Cl)nc(NC(C)=O)nc32)[C@@H]2OC[C@H](OCc3ccccc3)[C@]2(OCc2ccccc2)[C@@H]1OCc1ccccc1. The lowest BCUT2D eigenvalue weighted by molar-refractivity contribution is -0.316. The smallest absolute Gasteiger partial charge is 0.317 e. The molecule has 4 heterocycles. The lowest BCUT2D eigenvalue weighted by atomic mass is 9.78. The molecular weight excluding hydrogens is 732 g/mol. The Balaban J connectivity index is 1.43. The molecule has 0 spiro atoms. The van der Waals surface area contributed by atoms with E-state index in [1.165, 1.54) is 20.4 Å². The average Bonchev–Trinajstić information content (AvgIpc) is 3.80. The summed E-state index contributed by atoms with van der Waals surface area (Å²) in [7, 11) is 1.18. The van der Waals surface area contributed by atoms with E-state index in [1.54, 1.807) is 4.57 Å². The Kier molecular flexibility index (Phi) is 11.6. The summed E-state index contributed by atoms with van der Waals surface area (Å²) in [6, 6.07) is 27.0. The van der Waals surface area contributed by atoms with Gasteiger partial charge in [-0.05, 0) is 22.2 Å². The fourth-order valence-electron chi connectivity index (χ4n) is 6.98. The summed E-state index contributed by atoms with van der Waals surface area (Å²) in [6.45, 7) is 1.60. The van der Waals surface area contributed by atoms with Crippen molar-refractivity contribution in [3.63, 3.8) is 0 Å². The quantitative estimate of drug-likeness (QED) is 0.0478. The number of halogens is 1. The van der Waals surface area contributed by atoms with Crippen LogP contribution < -0.4 is 5.32 Å². The standard InChI is InChI=1S/C38H37ClN8O8/c1-23(48)42-37-43-33(39)29-34(44-37)47(22-41-29)35-32-38(54-20-26-16-10-5-11-17-26,27(21-53-32)51-18-24-12-6-3-7-13-24)31(52-19-25-14-8-4-9-15-25)30(55-35)28(45-46-40)36(49)50-2/h3-17,22,27-28,30-32,35H,18-21H2,1-2H3,(H,42,43,44,48)/t27-,28-,30+,31+,32-,35-,38-/m0/s1. The maximum atomic E-state index is 13.6. The second kappa shape index (κ2) is 16.9. The van der Waals surface area contributed by atoms with E-state index in [4.69, 9.17) is 40.0 Å². The van der Waals surface area contributed by atoms with Gasteiger partial charge in [-0.1, -0.05) is 108 Å². The maximum absolute atomic E-state index is 13.6. The molecular formula is C38H37ClN8O8. The summed E-state index contributed by atoms with van der Waals surface area (Å²) in [6.07, 6.45) is -4.18. The van der Waals surface area contributed by atoms with E-state index >= 15 is 0 Å². The lowest BCUT2D eigenvalue weighted by Gasteiger charge is -2.53. The third-order valence-electron chi connectivity index (χ3n) is 9.44. The molecule has 55 heavy (non-hydrogen) atoms. The second-order valence-corrected chi connectivity index (χ2v) is 13.2. The van der Waals surface area contributed by atoms with Gasteiger partial charge in [0.2, 0.25) is 11.9 Å². The molecule has 5 aromatic rings. The predicted molar refractivity (Wildman–Crippen MR) is 197 cm³/mol. The summed E-state index contributed by atoms with van der Waals surface area (Å²) in [5, 5.41) is 6.41. The second-order valence-electron chi connectivity index (χ2n) is 12.9. The Morgan fingerprint density at radius 3 is 2.20 bits per heavy atom. The van der Waals surface area contributed by atoms with Gasteiger partial charge in [0.1, 0.15) is 29.9 Å². The number of amides is 1. The Bertz CT molecular complexity index is 2160. The number of anilines is 1. The van der Waals surface area contributed by atoms with Gasteiger partial charge in [0, 0.05) is 11.8 Å². The van der Waals surface area contributed by atoms with Crippen molar-refractivity contribution in [1.82, 2.24) is 19.5 Å². The van der Waals surface area contributed by atoms with Crippen molar-refractivity contribution in [3.05, 3.63) is 130 Å². The number of esters is 1. The molecule has 284 valence electrons. The number of nitrogens with zero attached hydrogens (tertiary/aromatic N) is 7. The number of carbonyl (C=O) groups excluding carboxylic acids is 2. The van der Waals surface area contributed by atoms with Crippen LogP contribution in [0.4, 0.5) is 5.95 Å². The first kappa shape index (κ1) is 37.8. The van der Waals surface area contributed by atoms with E-state index in [9.17, 15) is 15.1 Å². The highest BCUT2D eigenvalue weighted by Gasteiger charge is 2.69. The zero-order valence-electron chi connectivity index (χ0n) is 29.8. The van der Waals surface area contributed by atoms with Gasteiger partial charge in [-0.2, -0.15) is 9.97 Å². The molecule has 2 aliphatic rings. The number of carbonyl (C=O) groups is 2. The molecule has 2 saturated heterocycles. The van der Waals surface area contributed by atoms with Crippen LogP contribution in [0.5, 0.6) is 0 Å². The first-order chi connectivity index (χ1) is 26.8. The molecule has 1 N–H and O–H groups in total. The maximum Gasteiger partial charge on any atom is 0.317 e. The summed E-state index contributed by atoms with van der Waals surface area (Å²) in [4.78, 5) is 41.8. The van der Waals surface area contributed by atoms with E-state index in [1.807, 2.05) is 91.0 Å². The van der Waals surface area contributed by atoms with Gasteiger partial charge in [0.05, 0.1) is 39.9 Å². The van der Waals surface area contributed by atoms with Gasteiger partial charge in [0.15, 0.2) is 28.7 Å². The Morgan fingerprint density at radius 2 is 1.60 bits per heavy atom. The van der Waals surface area contributed by atoms with Gasteiger partial charge >= 0.3 is 5.97 Å². The topological polar surface area (TPSA) is 194 Å². The molecule has 17 heteroatoms. The first-order valence-corrected chi connectivity index (χ1v) is 17.8. The molecule has 0 unspecified atom stereocenters. The third kappa shape index (κ3) is 7.88. The van der Waals surface area contributed by atoms with Crippen LogP contribution in [0, 0.1) is 0 Å². The van der Waals surface area contributed by atoms with Gasteiger partial charge in [-0.15, -0.1) is 0 Å². The van der Waals surface area contributed by atoms with Crippen molar-refractivity contribution in [1.29, 1.82) is 0 Å². The number of hydrogen-bond acceptors (Lipinski definition) is 12. The van der Waals surface area contributed by atoms with Crippen LogP contribution in [0.25, 0.3) is 21.6 Å². The minimum Gasteiger partial charge on any atom is -0.469 e. The molecule has 0 bridgehead atoms. The summed E-state index contributed by atoms with van der Waals surface area (Å²) < 4.78 is 40.8. The summed E-state index contributed by atoms with van der Waals surface area (Å²) in [5.74, 6) is -1.37. The average molecular weight is 769 g/mol. The normalized spacial score (nSPS) is 23.7. The fourth-order valence-corrected chi connectivity index (χ4v) is 7.19. The van der Waals surface area contributed by atoms with E-state index in [2.05, 4.69) is 30.3 Å². The Hall–Kier alpha value is -5.45. The summed E-state index contributed by atoms with van der Waals surface area (Å²) >= 11 is 6.55. The van der Waals surface area contributed by atoms with Crippen molar-refractivity contribution >= 4 is 40.6 Å².